The first-order chi connectivity index (χ1) is 7.70. The van der Waals surface area contributed by atoms with Crippen molar-refractivity contribution in [3.8, 4) is 11.3 Å². The molecule has 0 spiro atoms. The molecule has 1 heterocycles. The quantitative estimate of drug-likeness (QED) is 0.829. The molecule has 2 aromatic rings. The number of hydrogen-bond acceptors (Lipinski definition) is 3. The van der Waals surface area contributed by atoms with E-state index < -0.39 is 6.04 Å². The van der Waals surface area contributed by atoms with Crippen LogP contribution in [0.2, 0.25) is 0 Å². The Morgan fingerprint density at radius 1 is 1.19 bits per heavy atom. The monoisotopic (exact) mass is 217 g/mol. The molecular weight excluding hydrogens is 202 g/mol. The van der Waals surface area contributed by atoms with E-state index in [1.54, 1.807) is 6.07 Å². The van der Waals surface area contributed by atoms with Crippen molar-refractivity contribution in [2.75, 3.05) is 6.61 Å². The second kappa shape index (κ2) is 4.51. The van der Waals surface area contributed by atoms with Gasteiger partial charge in [-0.3, -0.25) is 0 Å². The molecule has 0 aliphatic rings. The Morgan fingerprint density at radius 3 is 2.50 bits per heavy atom. The van der Waals surface area contributed by atoms with Crippen LogP contribution in [0, 0.1) is 6.92 Å². The predicted octanol–water partition coefficient (Wildman–Crippen LogP) is 2.25. The van der Waals surface area contributed by atoms with Crippen LogP contribution in [0.5, 0.6) is 0 Å². The number of aryl methyl sites for hydroxylation is 1. The van der Waals surface area contributed by atoms with Crippen LogP contribution in [0.25, 0.3) is 11.3 Å². The Labute approximate surface area is 94.5 Å². The summed E-state index contributed by atoms with van der Waals surface area (Å²) in [5, 5.41) is 8.92. The van der Waals surface area contributed by atoms with Gasteiger partial charge in [0.15, 0.2) is 0 Å². The zero-order valence-corrected chi connectivity index (χ0v) is 9.18. The van der Waals surface area contributed by atoms with Gasteiger partial charge >= 0.3 is 0 Å². The van der Waals surface area contributed by atoms with E-state index >= 15 is 0 Å². The summed E-state index contributed by atoms with van der Waals surface area (Å²) in [5.41, 5.74) is 7.89. The molecule has 0 radical (unpaired) electrons. The summed E-state index contributed by atoms with van der Waals surface area (Å²) >= 11 is 0. The van der Waals surface area contributed by atoms with Crippen LogP contribution in [-0.4, -0.2) is 11.7 Å². The van der Waals surface area contributed by atoms with E-state index in [-0.39, 0.29) is 6.61 Å². The minimum atomic E-state index is -0.445. The molecule has 1 unspecified atom stereocenters. The van der Waals surface area contributed by atoms with Crippen molar-refractivity contribution >= 4 is 0 Å². The normalized spacial score (nSPS) is 12.7. The van der Waals surface area contributed by atoms with Crippen molar-refractivity contribution in [2.24, 2.45) is 5.73 Å². The minimum Gasteiger partial charge on any atom is -0.459 e. The number of hydrogen-bond donors (Lipinski definition) is 2. The van der Waals surface area contributed by atoms with E-state index in [0.29, 0.717) is 5.76 Å². The molecule has 0 saturated carbocycles. The van der Waals surface area contributed by atoms with E-state index in [0.717, 1.165) is 11.3 Å². The summed E-state index contributed by atoms with van der Waals surface area (Å²) in [6.07, 6.45) is 0. The highest BCUT2D eigenvalue weighted by Gasteiger charge is 2.10. The molecule has 3 nitrogen and oxygen atoms in total. The SMILES string of the molecule is Cc1ccc(-c2ccc(C(N)CO)o2)cc1. The number of furan rings is 1. The molecule has 0 bridgehead atoms. The van der Waals surface area contributed by atoms with Crippen LogP contribution >= 0.6 is 0 Å². The van der Waals surface area contributed by atoms with Gasteiger partial charge in [-0.2, -0.15) is 0 Å². The largest absolute Gasteiger partial charge is 0.459 e. The third-order valence-electron chi connectivity index (χ3n) is 2.53. The Bertz CT molecular complexity index is 459. The second-order valence-corrected chi connectivity index (χ2v) is 3.86. The van der Waals surface area contributed by atoms with Crippen LogP contribution in [-0.2, 0) is 0 Å². The minimum absolute atomic E-state index is 0.110. The van der Waals surface area contributed by atoms with Gasteiger partial charge in [0, 0.05) is 5.56 Å². The highest BCUT2D eigenvalue weighted by molar-refractivity contribution is 5.57. The second-order valence-electron chi connectivity index (χ2n) is 3.86. The van der Waals surface area contributed by atoms with Crippen LogP contribution in [0.4, 0.5) is 0 Å². The summed E-state index contributed by atoms with van der Waals surface area (Å²) in [7, 11) is 0. The first kappa shape index (κ1) is 10.9. The van der Waals surface area contributed by atoms with E-state index in [1.807, 2.05) is 37.3 Å². The molecule has 16 heavy (non-hydrogen) atoms. The first-order valence-electron chi connectivity index (χ1n) is 5.24. The van der Waals surface area contributed by atoms with Gasteiger partial charge in [-0.1, -0.05) is 29.8 Å². The van der Waals surface area contributed by atoms with Gasteiger partial charge in [0.05, 0.1) is 12.6 Å². The molecule has 3 heteroatoms. The zero-order valence-electron chi connectivity index (χ0n) is 9.18. The fraction of sp³-hybridized carbons (Fsp3) is 0.231. The van der Waals surface area contributed by atoms with Gasteiger partial charge in [0.2, 0.25) is 0 Å². The zero-order chi connectivity index (χ0) is 11.5. The highest BCUT2D eigenvalue weighted by atomic mass is 16.3. The molecule has 0 aliphatic carbocycles. The molecule has 0 amide bonds. The molecule has 0 aliphatic heterocycles. The predicted molar refractivity (Wildman–Crippen MR) is 62.9 cm³/mol. The summed E-state index contributed by atoms with van der Waals surface area (Å²) in [6, 6.07) is 11.3. The molecule has 3 N–H and O–H groups in total. The maximum absolute atomic E-state index is 8.92. The van der Waals surface area contributed by atoms with Gasteiger partial charge in [-0.15, -0.1) is 0 Å². The lowest BCUT2D eigenvalue weighted by Gasteiger charge is -2.03. The Morgan fingerprint density at radius 2 is 1.88 bits per heavy atom. The average Bonchev–Trinajstić information content (AvgIpc) is 2.78. The Balaban J connectivity index is 2.28. The lowest BCUT2D eigenvalue weighted by molar-refractivity contribution is 0.252. The Hall–Kier alpha value is -1.58. The first-order valence-corrected chi connectivity index (χ1v) is 5.24. The number of aliphatic hydroxyl groups excluding tert-OH is 1. The fourth-order valence-corrected chi connectivity index (χ4v) is 1.52. The highest BCUT2D eigenvalue weighted by Crippen LogP contribution is 2.24. The van der Waals surface area contributed by atoms with E-state index in [2.05, 4.69) is 0 Å². The number of nitrogens with two attached hydrogens (primary N) is 1. The molecule has 1 aromatic heterocycles. The van der Waals surface area contributed by atoms with E-state index in [1.165, 1.54) is 5.56 Å². The van der Waals surface area contributed by atoms with Crippen molar-refractivity contribution in [3.05, 3.63) is 47.7 Å². The number of benzene rings is 1. The molecule has 1 atom stereocenters. The Kier molecular flexibility index (Phi) is 3.08. The molecular formula is C13H15NO2. The number of rotatable bonds is 3. The lowest BCUT2D eigenvalue weighted by atomic mass is 10.1. The standard InChI is InChI=1S/C13H15NO2/c1-9-2-4-10(5-3-9)12-6-7-13(16-12)11(14)8-15/h2-7,11,15H,8,14H2,1H3. The van der Waals surface area contributed by atoms with Crippen LogP contribution in [0.3, 0.4) is 0 Å². The van der Waals surface area contributed by atoms with E-state index in [9.17, 15) is 0 Å². The van der Waals surface area contributed by atoms with E-state index in [4.69, 9.17) is 15.3 Å². The van der Waals surface area contributed by atoms with Crippen LogP contribution < -0.4 is 5.73 Å². The van der Waals surface area contributed by atoms with Crippen LogP contribution in [0.15, 0.2) is 40.8 Å². The van der Waals surface area contributed by atoms with Gasteiger partial charge in [0.25, 0.3) is 0 Å². The summed E-state index contributed by atoms with van der Waals surface area (Å²) < 4.78 is 5.58. The van der Waals surface area contributed by atoms with Crippen molar-refractivity contribution in [2.45, 2.75) is 13.0 Å². The summed E-state index contributed by atoms with van der Waals surface area (Å²) in [4.78, 5) is 0. The third-order valence-corrected chi connectivity index (χ3v) is 2.53. The van der Waals surface area contributed by atoms with Gasteiger partial charge in [-0.25, -0.2) is 0 Å². The third kappa shape index (κ3) is 2.15. The average molecular weight is 217 g/mol. The van der Waals surface area contributed by atoms with Crippen LogP contribution in [0.1, 0.15) is 17.4 Å². The molecule has 1 aromatic carbocycles. The molecule has 0 fully saturated rings. The fourth-order valence-electron chi connectivity index (χ4n) is 1.52. The summed E-state index contributed by atoms with van der Waals surface area (Å²) in [5.74, 6) is 1.39. The maximum Gasteiger partial charge on any atom is 0.134 e. The lowest BCUT2D eigenvalue weighted by Crippen LogP contribution is -2.13. The van der Waals surface area contributed by atoms with Crippen molar-refractivity contribution < 1.29 is 9.52 Å². The topological polar surface area (TPSA) is 59.4 Å². The van der Waals surface area contributed by atoms with Gasteiger partial charge in [-0.05, 0) is 19.1 Å². The molecule has 84 valence electrons. The van der Waals surface area contributed by atoms with Crippen molar-refractivity contribution in [3.63, 3.8) is 0 Å². The van der Waals surface area contributed by atoms with Gasteiger partial charge < -0.3 is 15.3 Å². The smallest absolute Gasteiger partial charge is 0.134 e. The molecule has 2 rings (SSSR count). The van der Waals surface area contributed by atoms with Crippen molar-refractivity contribution in [1.29, 1.82) is 0 Å². The summed E-state index contributed by atoms with van der Waals surface area (Å²) in [6.45, 7) is 1.93. The maximum atomic E-state index is 8.92. The molecule has 0 saturated heterocycles. The van der Waals surface area contributed by atoms with Crippen molar-refractivity contribution in [1.82, 2.24) is 0 Å². The van der Waals surface area contributed by atoms with Gasteiger partial charge in [0.1, 0.15) is 11.5 Å². The number of aliphatic hydroxyl groups is 1.